The van der Waals surface area contributed by atoms with Gasteiger partial charge < -0.3 is 5.73 Å². The molecule has 5 aliphatic carbocycles. The van der Waals surface area contributed by atoms with Crippen LogP contribution in [-0.2, 0) is 0 Å². The average molecular weight is 233 g/mol. The number of thiocarbonyl (C=S) groups is 1. The summed E-state index contributed by atoms with van der Waals surface area (Å²) in [5, 5.41) is 4.85. The minimum absolute atomic E-state index is 0.311. The molecule has 0 aliphatic heterocycles. The third-order valence-corrected chi connectivity index (χ3v) is 6.43. The predicted molar refractivity (Wildman–Crippen MR) is 64.5 cm³/mol. The quantitative estimate of drug-likeness (QED) is 0.524. The fourth-order valence-corrected chi connectivity index (χ4v) is 6.45. The fourth-order valence-electron chi connectivity index (χ4n) is 6.40. The summed E-state index contributed by atoms with van der Waals surface area (Å²) < 4.78 is 0. The zero-order valence-corrected chi connectivity index (χ0v) is 9.78. The van der Waals surface area contributed by atoms with Crippen molar-refractivity contribution >= 4 is 23.0 Å². The van der Waals surface area contributed by atoms with Gasteiger partial charge in [0.15, 0.2) is 5.11 Å². The van der Waals surface area contributed by atoms with Crippen LogP contribution in [0.5, 0.6) is 0 Å². The number of hydrogen-bond donors (Lipinski definition) is 2. The Morgan fingerprint density at radius 3 is 2.69 bits per heavy atom. The van der Waals surface area contributed by atoms with E-state index in [1.54, 1.807) is 0 Å². The van der Waals surface area contributed by atoms with Gasteiger partial charge in [0, 0.05) is 17.5 Å². The lowest BCUT2D eigenvalue weighted by molar-refractivity contribution is 0.0503. The summed E-state index contributed by atoms with van der Waals surface area (Å²) in [6, 6.07) is 0. The molecule has 16 heavy (non-hydrogen) atoms. The molecule has 5 aliphatic rings. The van der Waals surface area contributed by atoms with Crippen molar-refractivity contribution in [1.82, 2.24) is 5.43 Å². The summed E-state index contributed by atoms with van der Waals surface area (Å²) >= 11 is 4.84. The highest BCUT2D eigenvalue weighted by Crippen LogP contribution is 2.81. The first-order chi connectivity index (χ1) is 7.77. The normalized spacial score (nSPS) is 64.4. The first-order valence-corrected chi connectivity index (χ1v) is 6.81. The van der Waals surface area contributed by atoms with E-state index in [1.165, 1.54) is 18.6 Å². The van der Waals surface area contributed by atoms with Crippen molar-refractivity contribution < 1.29 is 0 Å². The van der Waals surface area contributed by atoms with Crippen LogP contribution in [0.4, 0.5) is 0 Å². The summed E-state index contributed by atoms with van der Waals surface area (Å²) in [7, 11) is 0. The maximum atomic E-state index is 5.47. The molecule has 5 fully saturated rings. The minimum atomic E-state index is 0.311. The van der Waals surface area contributed by atoms with E-state index in [0.29, 0.717) is 5.11 Å². The molecule has 3 N–H and O–H groups in total. The van der Waals surface area contributed by atoms with Crippen molar-refractivity contribution in [3.8, 4) is 0 Å². The summed E-state index contributed by atoms with van der Waals surface area (Å²) in [6.07, 6.45) is 3.01. The van der Waals surface area contributed by atoms with Crippen LogP contribution in [0.25, 0.3) is 0 Å². The SMILES string of the molecule is NC(=S)N/N=C1/[C@@H]2[C@@H]3C[C@H]4[C@H]1[C@H]1[C@H]2C[C@H]3[C@H]41. The van der Waals surface area contributed by atoms with Crippen molar-refractivity contribution in [3.63, 3.8) is 0 Å². The highest BCUT2D eigenvalue weighted by Gasteiger charge is 2.79. The number of hydrazone groups is 1. The van der Waals surface area contributed by atoms with E-state index in [9.17, 15) is 0 Å². The lowest BCUT2D eigenvalue weighted by Gasteiger charge is -2.44. The molecule has 0 amide bonds. The van der Waals surface area contributed by atoms with Crippen LogP contribution in [0.3, 0.4) is 0 Å². The van der Waals surface area contributed by atoms with Crippen LogP contribution in [0.15, 0.2) is 5.10 Å². The van der Waals surface area contributed by atoms with Crippen molar-refractivity contribution in [2.45, 2.75) is 12.8 Å². The van der Waals surface area contributed by atoms with Gasteiger partial charge in [0.25, 0.3) is 0 Å². The van der Waals surface area contributed by atoms with E-state index in [4.69, 9.17) is 18.0 Å². The number of fused-ring (bicyclic) bond motifs is 2. The van der Waals surface area contributed by atoms with Gasteiger partial charge in [-0.1, -0.05) is 0 Å². The fraction of sp³-hybridized carbons (Fsp3) is 0.833. The van der Waals surface area contributed by atoms with Crippen LogP contribution in [0, 0.1) is 47.3 Å². The average Bonchev–Trinajstić information content (AvgIpc) is 2.72. The highest BCUT2D eigenvalue weighted by molar-refractivity contribution is 7.80. The maximum Gasteiger partial charge on any atom is 0.184 e. The van der Waals surface area contributed by atoms with E-state index in [1.807, 2.05) is 0 Å². The standard InChI is InChI=1S/C12H15N3S/c13-12(16)15-14-11-8-4-2-5-7-3(4)1-6(8)9(7)10(5)11/h3-10H,1-2H2,(H3,13,15,16)/b14-11-/t3-,4-,5-,6+,7-,8-,9+,10+/m1/s1. The highest BCUT2D eigenvalue weighted by atomic mass is 32.1. The molecular weight excluding hydrogens is 218 g/mol. The van der Waals surface area contributed by atoms with Gasteiger partial charge in [-0.25, -0.2) is 0 Å². The lowest BCUT2D eigenvalue weighted by atomic mass is 9.59. The summed E-state index contributed by atoms with van der Waals surface area (Å²) in [4.78, 5) is 0. The largest absolute Gasteiger partial charge is 0.375 e. The van der Waals surface area contributed by atoms with Crippen LogP contribution in [0.1, 0.15) is 12.8 Å². The second-order valence-corrected chi connectivity index (χ2v) is 6.79. The molecule has 0 heterocycles. The molecule has 0 unspecified atom stereocenters. The second-order valence-electron chi connectivity index (χ2n) is 6.35. The smallest absolute Gasteiger partial charge is 0.184 e. The maximum absolute atomic E-state index is 5.47. The molecule has 0 aromatic carbocycles. The van der Waals surface area contributed by atoms with E-state index < -0.39 is 0 Å². The van der Waals surface area contributed by atoms with Crippen LogP contribution < -0.4 is 11.2 Å². The monoisotopic (exact) mass is 233 g/mol. The first-order valence-electron chi connectivity index (χ1n) is 6.40. The third-order valence-electron chi connectivity index (χ3n) is 6.34. The Balaban J connectivity index is 1.60. The molecular formula is C12H15N3S. The van der Waals surface area contributed by atoms with Crippen molar-refractivity contribution in [2.75, 3.05) is 0 Å². The van der Waals surface area contributed by atoms with Gasteiger partial charge in [-0.15, -0.1) is 0 Å². The molecule has 0 aromatic rings. The van der Waals surface area contributed by atoms with Crippen LogP contribution >= 0.6 is 12.2 Å². The topological polar surface area (TPSA) is 50.4 Å². The Labute approximate surface area is 99.8 Å². The molecule has 5 rings (SSSR count). The van der Waals surface area contributed by atoms with Crippen molar-refractivity contribution in [2.24, 2.45) is 58.2 Å². The molecule has 3 nitrogen and oxygen atoms in total. The lowest BCUT2D eigenvalue weighted by Crippen LogP contribution is -2.44. The molecule has 2 bridgehead atoms. The first kappa shape index (κ1) is 8.45. The number of nitrogens with one attached hydrogen (secondary N) is 1. The zero-order valence-electron chi connectivity index (χ0n) is 8.97. The van der Waals surface area contributed by atoms with Crippen LogP contribution in [-0.4, -0.2) is 10.8 Å². The second kappa shape index (κ2) is 2.30. The van der Waals surface area contributed by atoms with E-state index in [2.05, 4.69) is 10.5 Å². The molecule has 0 saturated heterocycles. The number of hydrogen-bond acceptors (Lipinski definition) is 2. The minimum Gasteiger partial charge on any atom is -0.375 e. The molecule has 0 spiro atoms. The molecule has 84 valence electrons. The van der Waals surface area contributed by atoms with Gasteiger partial charge in [0.05, 0.1) is 0 Å². The predicted octanol–water partition coefficient (Wildman–Crippen LogP) is 0.953. The Kier molecular flexibility index (Phi) is 1.22. The molecule has 4 heteroatoms. The molecule has 8 atom stereocenters. The Morgan fingerprint density at radius 2 is 1.88 bits per heavy atom. The van der Waals surface area contributed by atoms with E-state index in [-0.39, 0.29) is 0 Å². The Bertz CT molecular complexity index is 440. The zero-order chi connectivity index (χ0) is 10.6. The number of nitrogens with zero attached hydrogens (tertiary/aromatic N) is 1. The van der Waals surface area contributed by atoms with Gasteiger partial charge in [-0.2, -0.15) is 5.10 Å². The van der Waals surface area contributed by atoms with Gasteiger partial charge in [-0.3, -0.25) is 5.43 Å². The van der Waals surface area contributed by atoms with E-state index in [0.717, 1.165) is 47.3 Å². The van der Waals surface area contributed by atoms with E-state index >= 15 is 0 Å². The molecule has 0 aromatic heterocycles. The van der Waals surface area contributed by atoms with Crippen molar-refractivity contribution in [3.05, 3.63) is 0 Å². The van der Waals surface area contributed by atoms with Gasteiger partial charge >= 0.3 is 0 Å². The summed E-state index contributed by atoms with van der Waals surface area (Å²) in [5.41, 5.74) is 9.75. The van der Waals surface area contributed by atoms with Gasteiger partial charge in [0.1, 0.15) is 0 Å². The van der Waals surface area contributed by atoms with Crippen molar-refractivity contribution in [1.29, 1.82) is 0 Å². The molecule has 0 radical (unpaired) electrons. The number of rotatable bonds is 1. The Hall–Kier alpha value is -0.640. The Morgan fingerprint density at radius 1 is 1.12 bits per heavy atom. The summed E-state index contributed by atoms with van der Waals surface area (Å²) in [5.74, 6) is 7.72. The van der Waals surface area contributed by atoms with Crippen LogP contribution in [0.2, 0.25) is 0 Å². The van der Waals surface area contributed by atoms with Gasteiger partial charge in [0.2, 0.25) is 0 Å². The summed E-state index contributed by atoms with van der Waals surface area (Å²) in [6.45, 7) is 0. The molecule has 5 saturated carbocycles. The number of nitrogens with two attached hydrogens (primary N) is 1. The third kappa shape index (κ3) is 0.643. The van der Waals surface area contributed by atoms with Gasteiger partial charge in [-0.05, 0) is 60.6 Å².